The smallest absolute Gasteiger partial charge is 0.349 e. The molecule has 0 saturated carbocycles. The number of hydrogen-bond donors (Lipinski definition) is 0. The van der Waals surface area contributed by atoms with Gasteiger partial charge in [0.25, 0.3) is 5.91 Å². The summed E-state index contributed by atoms with van der Waals surface area (Å²) in [7, 11) is 0. The van der Waals surface area contributed by atoms with Crippen molar-refractivity contribution in [3.8, 4) is 0 Å². The monoisotopic (exact) mass is 497 g/mol. The number of benzene rings is 2. The van der Waals surface area contributed by atoms with Gasteiger partial charge in [0, 0.05) is 36.6 Å². The number of aromatic nitrogens is 1. The number of aryl methyl sites for hydroxylation is 1. The number of fused-ring (bicyclic) bond motifs is 2. The Hall–Kier alpha value is -2.78. The Morgan fingerprint density at radius 1 is 1.21 bits per heavy atom. The fourth-order valence-corrected chi connectivity index (χ4v) is 5.32. The Balaban J connectivity index is 1.49. The Morgan fingerprint density at radius 3 is 2.82 bits per heavy atom. The molecule has 2 aromatic heterocycles. The normalized spacial score (nSPS) is 14.6. The van der Waals surface area contributed by atoms with Gasteiger partial charge in [-0.3, -0.25) is 14.6 Å². The van der Waals surface area contributed by atoms with Crippen LogP contribution in [0.2, 0.25) is 5.02 Å². The van der Waals surface area contributed by atoms with Crippen LogP contribution in [0, 0.1) is 6.92 Å². The van der Waals surface area contributed by atoms with E-state index in [2.05, 4.69) is 4.90 Å². The summed E-state index contributed by atoms with van der Waals surface area (Å²) in [6.07, 6.45) is 0.736. The summed E-state index contributed by atoms with van der Waals surface area (Å²) < 4.78 is 11.8. The summed E-state index contributed by atoms with van der Waals surface area (Å²) in [6.45, 7) is 6.36. The zero-order valence-corrected chi connectivity index (χ0v) is 20.3. The van der Waals surface area contributed by atoms with Crippen molar-refractivity contribution >= 4 is 55.2 Å². The van der Waals surface area contributed by atoms with Gasteiger partial charge in [-0.2, -0.15) is 0 Å². The minimum atomic E-state index is -0.651. The number of ether oxygens (including phenoxy) is 1. The summed E-state index contributed by atoms with van der Waals surface area (Å²) in [5.41, 5.74) is 1.44. The quantitative estimate of drug-likeness (QED) is 0.358. The molecule has 0 aliphatic carbocycles. The molecule has 34 heavy (non-hydrogen) atoms. The molecule has 0 bridgehead atoms. The van der Waals surface area contributed by atoms with E-state index >= 15 is 0 Å². The van der Waals surface area contributed by atoms with Crippen LogP contribution in [0.15, 0.2) is 51.7 Å². The highest BCUT2D eigenvalue weighted by Gasteiger charge is 2.25. The van der Waals surface area contributed by atoms with Crippen molar-refractivity contribution in [1.82, 2.24) is 9.88 Å². The van der Waals surface area contributed by atoms with Gasteiger partial charge in [-0.15, -0.1) is 0 Å². The van der Waals surface area contributed by atoms with E-state index in [1.807, 2.05) is 31.2 Å². The van der Waals surface area contributed by atoms with E-state index < -0.39 is 11.5 Å². The van der Waals surface area contributed by atoms with Crippen LogP contribution in [0.25, 0.3) is 21.2 Å². The summed E-state index contributed by atoms with van der Waals surface area (Å²) in [4.78, 5) is 35.1. The summed E-state index contributed by atoms with van der Waals surface area (Å²) in [5.74, 6) is -0.413. The fourth-order valence-electron chi connectivity index (χ4n) is 4.12. The van der Waals surface area contributed by atoms with Crippen molar-refractivity contribution in [1.29, 1.82) is 0 Å². The van der Waals surface area contributed by atoms with Crippen LogP contribution in [0.4, 0.5) is 5.13 Å². The molecule has 1 aliphatic heterocycles. The van der Waals surface area contributed by atoms with E-state index in [9.17, 15) is 9.59 Å². The lowest BCUT2D eigenvalue weighted by molar-refractivity contribution is 0.0376. The zero-order valence-electron chi connectivity index (χ0n) is 18.8. The predicted molar refractivity (Wildman–Crippen MR) is 135 cm³/mol. The lowest BCUT2D eigenvalue weighted by Crippen LogP contribution is -2.40. The first-order chi connectivity index (χ1) is 16.5. The van der Waals surface area contributed by atoms with Gasteiger partial charge < -0.3 is 9.15 Å². The average molecular weight is 498 g/mol. The Morgan fingerprint density at radius 2 is 2.00 bits per heavy atom. The van der Waals surface area contributed by atoms with E-state index in [0.29, 0.717) is 27.7 Å². The van der Waals surface area contributed by atoms with Crippen LogP contribution in [0.3, 0.4) is 0 Å². The second-order valence-electron chi connectivity index (χ2n) is 8.27. The minimum Gasteiger partial charge on any atom is -0.422 e. The first kappa shape index (κ1) is 23.0. The number of para-hydroxylation sites is 1. The second-order valence-corrected chi connectivity index (χ2v) is 9.68. The van der Waals surface area contributed by atoms with Gasteiger partial charge in [-0.1, -0.05) is 41.1 Å². The third-order valence-corrected chi connectivity index (χ3v) is 7.50. The Labute approximate surface area is 205 Å². The fraction of sp³-hybridized carbons (Fsp3) is 0.320. The summed E-state index contributed by atoms with van der Waals surface area (Å²) >= 11 is 7.71. The highest BCUT2D eigenvalue weighted by molar-refractivity contribution is 7.22. The highest BCUT2D eigenvalue weighted by Crippen LogP contribution is 2.34. The molecule has 176 valence electrons. The zero-order chi connectivity index (χ0) is 23.7. The molecule has 1 fully saturated rings. The summed E-state index contributed by atoms with van der Waals surface area (Å²) in [5, 5.41) is 1.87. The molecule has 4 aromatic rings. The molecule has 9 heteroatoms. The van der Waals surface area contributed by atoms with Crippen molar-refractivity contribution < 1.29 is 13.9 Å². The largest absolute Gasteiger partial charge is 0.422 e. The highest BCUT2D eigenvalue weighted by atomic mass is 35.5. The maximum Gasteiger partial charge on any atom is 0.349 e. The molecule has 0 atom stereocenters. The van der Waals surface area contributed by atoms with Crippen LogP contribution < -0.4 is 10.5 Å². The molecule has 0 radical (unpaired) electrons. The molecule has 1 aliphatic rings. The third kappa shape index (κ3) is 4.59. The van der Waals surface area contributed by atoms with Gasteiger partial charge in [0.05, 0.1) is 23.4 Å². The van der Waals surface area contributed by atoms with Crippen molar-refractivity contribution in [2.45, 2.75) is 13.3 Å². The van der Waals surface area contributed by atoms with Gasteiger partial charge in [-0.25, -0.2) is 9.78 Å². The lowest BCUT2D eigenvalue weighted by Gasteiger charge is -2.27. The van der Waals surface area contributed by atoms with Gasteiger partial charge in [0.15, 0.2) is 5.13 Å². The van der Waals surface area contributed by atoms with Gasteiger partial charge in [-0.05, 0) is 43.2 Å². The van der Waals surface area contributed by atoms with Crippen molar-refractivity contribution in [3.05, 3.63) is 69.0 Å². The number of morpholine rings is 1. The maximum absolute atomic E-state index is 13.7. The topological polar surface area (TPSA) is 75.9 Å². The number of hydrogen-bond acceptors (Lipinski definition) is 7. The molecule has 0 N–H and O–H groups in total. The molecular formula is C25H24ClN3O4S. The number of anilines is 1. The average Bonchev–Trinajstić information content (AvgIpc) is 3.29. The number of thiazole rings is 1. The molecule has 0 unspecified atom stereocenters. The van der Waals surface area contributed by atoms with Crippen LogP contribution in [-0.2, 0) is 4.74 Å². The molecule has 2 aromatic carbocycles. The molecule has 5 rings (SSSR count). The maximum atomic E-state index is 13.7. The first-order valence-electron chi connectivity index (χ1n) is 11.2. The molecular weight excluding hydrogens is 474 g/mol. The summed E-state index contributed by atoms with van der Waals surface area (Å²) in [6, 6.07) is 12.5. The molecule has 1 saturated heterocycles. The predicted octanol–water partition coefficient (Wildman–Crippen LogP) is 4.73. The van der Waals surface area contributed by atoms with Crippen LogP contribution in [-0.4, -0.2) is 55.2 Å². The first-order valence-corrected chi connectivity index (χ1v) is 12.4. The van der Waals surface area contributed by atoms with Crippen molar-refractivity contribution in [3.63, 3.8) is 0 Å². The SMILES string of the molecule is Cc1c(Cl)ccc2sc(N(CCCN3CCOCC3)C(=O)c3cc4ccccc4oc3=O)nc12. The van der Waals surface area contributed by atoms with E-state index in [-0.39, 0.29) is 5.56 Å². The number of halogens is 1. The molecule has 7 nitrogen and oxygen atoms in total. The number of nitrogens with zero attached hydrogens (tertiary/aromatic N) is 3. The number of carbonyl (C=O) groups excluding carboxylic acids is 1. The van der Waals surface area contributed by atoms with Crippen molar-refractivity contribution in [2.75, 3.05) is 44.3 Å². The minimum absolute atomic E-state index is 0.000849. The molecule has 1 amide bonds. The van der Waals surface area contributed by atoms with Gasteiger partial charge in [0.2, 0.25) is 0 Å². The number of rotatable bonds is 6. The number of carbonyl (C=O) groups is 1. The number of amides is 1. The molecule has 3 heterocycles. The van der Waals surface area contributed by atoms with Crippen LogP contribution in [0.5, 0.6) is 0 Å². The Bertz CT molecular complexity index is 1410. The van der Waals surface area contributed by atoms with E-state index in [1.165, 1.54) is 11.3 Å². The van der Waals surface area contributed by atoms with E-state index in [0.717, 1.165) is 55.0 Å². The molecule has 0 spiro atoms. The standard InChI is InChI=1S/C25H24ClN3O4S/c1-16-19(26)7-8-21-22(16)27-25(34-21)29(10-4-9-28-11-13-32-14-12-28)23(30)18-15-17-5-2-3-6-20(17)33-24(18)31/h2-3,5-8,15H,4,9-14H2,1H3. The Kier molecular flexibility index (Phi) is 6.65. The third-order valence-electron chi connectivity index (χ3n) is 6.04. The second kappa shape index (κ2) is 9.84. The van der Waals surface area contributed by atoms with Crippen LogP contribution >= 0.6 is 22.9 Å². The van der Waals surface area contributed by atoms with E-state index in [4.69, 9.17) is 25.7 Å². The van der Waals surface area contributed by atoms with Gasteiger partial charge in [0.1, 0.15) is 11.1 Å². The van der Waals surface area contributed by atoms with Crippen LogP contribution in [0.1, 0.15) is 22.3 Å². The van der Waals surface area contributed by atoms with Gasteiger partial charge >= 0.3 is 5.63 Å². The van der Waals surface area contributed by atoms with Crippen molar-refractivity contribution in [2.24, 2.45) is 0 Å². The lowest BCUT2D eigenvalue weighted by atomic mass is 10.1. The van der Waals surface area contributed by atoms with E-state index in [1.54, 1.807) is 23.1 Å².